The van der Waals surface area contributed by atoms with E-state index >= 15 is 0 Å². The van der Waals surface area contributed by atoms with E-state index in [1.807, 2.05) is 6.92 Å². The van der Waals surface area contributed by atoms with Crippen LogP contribution in [-0.4, -0.2) is 29.0 Å². The van der Waals surface area contributed by atoms with Gasteiger partial charge in [0.1, 0.15) is 0 Å². The van der Waals surface area contributed by atoms with Crippen LogP contribution in [0.1, 0.15) is 40.0 Å². The molecule has 2 N–H and O–H groups in total. The quantitative estimate of drug-likeness (QED) is 0.525. The number of aryl methyl sites for hydroxylation is 2. The lowest BCUT2D eigenvalue weighted by Crippen LogP contribution is -2.27. The second-order valence-corrected chi connectivity index (χ2v) is 11.7. The third-order valence-corrected chi connectivity index (χ3v) is 7.85. The zero-order chi connectivity index (χ0) is 24.4. The molecule has 0 aromatic heterocycles. The maximum absolute atomic E-state index is 12.9. The first-order valence-electron chi connectivity index (χ1n) is 10.2. The Kier molecular flexibility index (Phi) is 6.94. The minimum Gasteiger partial charge on any atom is -0.346 e. The summed E-state index contributed by atoms with van der Waals surface area (Å²) in [6.07, 6.45) is 1.13. The average Bonchev–Trinajstić information content (AvgIpc) is 2.74. The normalized spacial score (nSPS) is 12.7. The van der Waals surface area contributed by atoms with Crippen LogP contribution in [0.3, 0.4) is 0 Å². The molecule has 3 rings (SSSR count). The van der Waals surface area contributed by atoms with Crippen LogP contribution in [0.25, 0.3) is 0 Å². The van der Waals surface area contributed by atoms with Crippen LogP contribution in [0.2, 0.25) is 0 Å². The fraction of sp³-hybridized carbons (Fsp3) is 0.208. The van der Waals surface area contributed by atoms with Gasteiger partial charge in [0.2, 0.25) is 0 Å². The number of rotatable bonds is 7. The number of sulfone groups is 1. The Bertz CT molecular complexity index is 1380. The molecular formula is C24H26N2O5S2. The van der Waals surface area contributed by atoms with Crippen LogP contribution < -0.4 is 10.0 Å². The van der Waals surface area contributed by atoms with Gasteiger partial charge in [-0.15, -0.1) is 0 Å². The van der Waals surface area contributed by atoms with Gasteiger partial charge in [-0.2, -0.15) is 0 Å². The number of anilines is 1. The Morgan fingerprint density at radius 1 is 0.848 bits per heavy atom. The van der Waals surface area contributed by atoms with Crippen molar-refractivity contribution in [3.05, 3.63) is 89.0 Å². The topological polar surface area (TPSA) is 109 Å². The van der Waals surface area contributed by atoms with E-state index in [1.165, 1.54) is 18.2 Å². The number of hydrogen-bond donors (Lipinski definition) is 2. The zero-order valence-electron chi connectivity index (χ0n) is 18.8. The lowest BCUT2D eigenvalue weighted by molar-refractivity contribution is 0.0939. The summed E-state index contributed by atoms with van der Waals surface area (Å²) in [6.45, 7) is 5.33. The molecule has 0 heterocycles. The van der Waals surface area contributed by atoms with Gasteiger partial charge in [0.05, 0.1) is 15.8 Å². The number of nitrogens with one attached hydrogen (secondary N) is 2. The fourth-order valence-electron chi connectivity index (χ4n) is 3.23. The Morgan fingerprint density at radius 2 is 1.45 bits per heavy atom. The van der Waals surface area contributed by atoms with Crippen LogP contribution in [0.15, 0.2) is 76.5 Å². The number of sulfonamides is 1. The maximum Gasteiger partial charge on any atom is 0.262 e. The highest BCUT2D eigenvalue weighted by molar-refractivity contribution is 7.92. The van der Waals surface area contributed by atoms with Crippen LogP contribution in [-0.2, 0) is 19.9 Å². The first kappa shape index (κ1) is 24.5. The number of carbonyl (C=O) groups is 1. The Morgan fingerprint density at radius 3 is 2.03 bits per heavy atom. The van der Waals surface area contributed by atoms with Gasteiger partial charge in [-0.05, 0) is 68.3 Å². The number of benzene rings is 3. The molecule has 0 spiro atoms. The van der Waals surface area contributed by atoms with Crippen molar-refractivity contribution >= 4 is 31.5 Å². The molecule has 0 saturated carbocycles. The summed E-state index contributed by atoms with van der Waals surface area (Å²) in [7, 11) is -7.21. The van der Waals surface area contributed by atoms with Crippen LogP contribution in [0, 0.1) is 13.8 Å². The Labute approximate surface area is 194 Å². The first-order chi connectivity index (χ1) is 15.4. The molecule has 0 aliphatic carbocycles. The summed E-state index contributed by atoms with van der Waals surface area (Å²) >= 11 is 0. The third kappa shape index (κ3) is 6.00. The molecule has 0 fully saturated rings. The van der Waals surface area contributed by atoms with Gasteiger partial charge < -0.3 is 5.32 Å². The third-order valence-electron chi connectivity index (χ3n) is 5.20. The molecule has 174 valence electrons. The molecule has 0 radical (unpaired) electrons. The highest BCUT2D eigenvalue weighted by Crippen LogP contribution is 2.22. The van der Waals surface area contributed by atoms with E-state index in [1.54, 1.807) is 62.4 Å². The summed E-state index contributed by atoms with van der Waals surface area (Å²) in [6, 6.07) is 17.3. The molecule has 7 nitrogen and oxygen atoms in total. The monoisotopic (exact) mass is 486 g/mol. The highest BCUT2D eigenvalue weighted by Gasteiger charge is 2.20. The van der Waals surface area contributed by atoms with E-state index < -0.39 is 31.8 Å². The van der Waals surface area contributed by atoms with Crippen molar-refractivity contribution in [3.8, 4) is 0 Å². The van der Waals surface area contributed by atoms with E-state index in [9.17, 15) is 21.6 Å². The van der Waals surface area contributed by atoms with Gasteiger partial charge in [-0.3, -0.25) is 9.52 Å². The van der Waals surface area contributed by atoms with Gasteiger partial charge in [0.15, 0.2) is 9.84 Å². The summed E-state index contributed by atoms with van der Waals surface area (Å²) < 4.78 is 51.7. The number of amides is 1. The average molecular weight is 487 g/mol. The molecule has 0 unspecified atom stereocenters. The molecule has 33 heavy (non-hydrogen) atoms. The SMILES string of the molecule is Cc1ccc(NS(=O)(=O)c2cc(C(=O)N[C@H](C)c3ccc(S(C)(=O)=O)cc3)ccc2C)cc1. The molecule has 9 heteroatoms. The zero-order valence-corrected chi connectivity index (χ0v) is 20.4. The van der Waals surface area contributed by atoms with Crippen LogP contribution in [0.4, 0.5) is 5.69 Å². The van der Waals surface area contributed by atoms with E-state index in [4.69, 9.17) is 0 Å². The standard InChI is InChI=1S/C24H26N2O5S2/c1-16-5-11-21(12-6-16)26-33(30,31)23-15-20(8-7-17(23)2)24(27)25-18(3)19-9-13-22(14-10-19)32(4,28)29/h5-15,18,26H,1-4H3,(H,25,27)/t18-/m1/s1. The minimum absolute atomic E-state index is 0.0147. The highest BCUT2D eigenvalue weighted by atomic mass is 32.2. The van der Waals surface area contributed by atoms with Gasteiger partial charge >= 0.3 is 0 Å². The Hall–Kier alpha value is -3.17. The molecule has 1 atom stereocenters. The van der Waals surface area contributed by atoms with Gasteiger partial charge in [-0.1, -0.05) is 35.9 Å². The molecular weight excluding hydrogens is 460 g/mol. The summed E-state index contributed by atoms with van der Waals surface area (Å²) in [5.41, 5.74) is 2.87. The van der Waals surface area contributed by atoms with Crippen molar-refractivity contribution in [1.82, 2.24) is 5.32 Å². The summed E-state index contributed by atoms with van der Waals surface area (Å²) in [5.74, 6) is -0.443. The van der Waals surface area contributed by atoms with Gasteiger partial charge in [0.25, 0.3) is 15.9 Å². The summed E-state index contributed by atoms with van der Waals surface area (Å²) in [4.78, 5) is 13.0. The Balaban J connectivity index is 1.80. The number of hydrogen-bond acceptors (Lipinski definition) is 5. The van der Waals surface area contributed by atoms with E-state index in [2.05, 4.69) is 10.0 Å². The number of carbonyl (C=O) groups excluding carboxylic acids is 1. The van der Waals surface area contributed by atoms with Gasteiger partial charge in [0, 0.05) is 17.5 Å². The van der Waals surface area contributed by atoms with E-state index in [0.29, 0.717) is 11.3 Å². The lowest BCUT2D eigenvalue weighted by Gasteiger charge is -2.16. The maximum atomic E-state index is 12.9. The molecule has 3 aromatic rings. The van der Waals surface area contributed by atoms with Crippen molar-refractivity contribution in [3.63, 3.8) is 0 Å². The van der Waals surface area contributed by atoms with E-state index in [0.717, 1.165) is 17.4 Å². The largest absolute Gasteiger partial charge is 0.346 e. The molecule has 0 saturated heterocycles. The first-order valence-corrected chi connectivity index (χ1v) is 13.6. The molecule has 1 amide bonds. The van der Waals surface area contributed by atoms with Crippen molar-refractivity contribution in [2.75, 3.05) is 11.0 Å². The second kappa shape index (κ2) is 9.36. The fourth-order valence-corrected chi connectivity index (χ4v) is 5.19. The van der Waals surface area contributed by atoms with Crippen molar-refractivity contribution < 1.29 is 21.6 Å². The predicted octanol–water partition coefficient (Wildman–Crippen LogP) is 4.00. The van der Waals surface area contributed by atoms with Gasteiger partial charge in [-0.25, -0.2) is 16.8 Å². The van der Waals surface area contributed by atoms with Crippen LogP contribution >= 0.6 is 0 Å². The molecule has 0 aliphatic heterocycles. The lowest BCUT2D eigenvalue weighted by atomic mass is 10.1. The smallest absolute Gasteiger partial charge is 0.262 e. The van der Waals surface area contributed by atoms with Crippen molar-refractivity contribution in [2.45, 2.75) is 36.6 Å². The minimum atomic E-state index is -3.90. The van der Waals surface area contributed by atoms with Crippen molar-refractivity contribution in [1.29, 1.82) is 0 Å². The molecule has 3 aromatic carbocycles. The second-order valence-electron chi connectivity index (χ2n) is 7.99. The summed E-state index contributed by atoms with van der Waals surface area (Å²) in [5, 5.41) is 2.82. The predicted molar refractivity (Wildman–Crippen MR) is 129 cm³/mol. The van der Waals surface area contributed by atoms with Crippen LogP contribution in [0.5, 0.6) is 0 Å². The van der Waals surface area contributed by atoms with E-state index in [-0.39, 0.29) is 15.4 Å². The molecule has 0 bridgehead atoms. The molecule has 0 aliphatic rings. The van der Waals surface area contributed by atoms with Crippen molar-refractivity contribution in [2.24, 2.45) is 0 Å².